The lowest BCUT2D eigenvalue weighted by molar-refractivity contribution is -0.137. The number of nitrogens with zero attached hydrogens (tertiary/aromatic N) is 4. The normalized spacial score (nSPS) is 12.0. The van der Waals surface area contributed by atoms with E-state index in [4.69, 9.17) is 11.6 Å². The van der Waals surface area contributed by atoms with Crippen molar-refractivity contribution in [2.75, 3.05) is 0 Å². The van der Waals surface area contributed by atoms with Gasteiger partial charge in [0.2, 0.25) is 4.96 Å². The van der Waals surface area contributed by atoms with Crippen LogP contribution in [0, 0.1) is 0 Å². The Balaban J connectivity index is 1.64. The number of hydrogen-bond acceptors (Lipinski definition) is 4. The Morgan fingerprint density at radius 1 is 0.962 bits per heavy atom. The monoisotopic (exact) mass is 394 g/mol. The van der Waals surface area contributed by atoms with E-state index in [1.165, 1.54) is 23.5 Å². The molecule has 2 aromatic carbocycles. The molecule has 0 spiro atoms. The van der Waals surface area contributed by atoms with E-state index >= 15 is 0 Å². The van der Waals surface area contributed by atoms with Gasteiger partial charge < -0.3 is 0 Å². The van der Waals surface area contributed by atoms with Crippen LogP contribution in [0.1, 0.15) is 16.1 Å². The van der Waals surface area contributed by atoms with Gasteiger partial charge in [0, 0.05) is 17.0 Å². The first-order valence-corrected chi connectivity index (χ1v) is 8.73. The molecular weight excluding hydrogens is 385 g/mol. The summed E-state index contributed by atoms with van der Waals surface area (Å²) in [4.78, 5) is 0.587. The summed E-state index contributed by atoms with van der Waals surface area (Å²) < 4.78 is 39.6. The quantitative estimate of drug-likeness (QED) is 0.484. The number of fused-ring (bicyclic) bond motifs is 1. The molecule has 4 nitrogen and oxygen atoms in total. The molecule has 0 N–H and O–H groups in total. The first kappa shape index (κ1) is 17.0. The standard InChI is InChI=1S/C17H10ClF3N4S/c18-13-7-1-10(2-8-13)9-14-24-25-15(22-23-16(25)26-14)11-3-5-12(6-4-11)17(19,20)21/h1-8H,9H2. The first-order valence-electron chi connectivity index (χ1n) is 7.53. The largest absolute Gasteiger partial charge is 0.416 e. The zero-order valence-corrected chi connectivity index (χ0v) is 14.6. The molecule has 0 saturated heterocycles. The molecule has 0 radical (unpaired) electrons. The van der Waals surface area contributed by atoms with Crippen molar-refractivity contribution in [3.8, 4) is 11.4 Å². The number of alkyl halides is 3. The molecule has 0 amide bonds. The summed E-state index contributed by atoms with van der Waals surface area (Å²) in [5, 5.41) is 14.1. The van der Waals surface area contributed by atoms with Gasteiger partial charge in [-0.15, -0.1) is 10.2 Å². The molecule has 9 heteroatoms. The Morgan fingerprint density at radius 3 is 2.31 bits per heavy atom. The van der Waals surface area contributed by atoms with E-state index < -0.39 is 11.7 Å². The highest BCUT2D eigenvalue weighted by Gasteiger charge is 2.30. The molecule has 2 aromatic heterocycles. The van der Waals surface area contributed by atoms with Crippen LogP contribution in [0.25, 0.3) is 16.3 Å². The summed E-state index contributed by atoms with van der Waals surface area (Å²) in [5.41, 5.74) is 0.869. The minimum absolute atomic E-state index is 0.410. The van der Waals surface area contributed by atoms with Crippen molar-refractivity contribution in [1.29, 1.82) is 0 Å². The molecule has 0 atom stereocenters. The summed E-state index contributed by atoms with van der Waals surface area (Å²) in [6.07, 6.45) is -3.76. The van der Waals surface area contributed by atoms with Gasteiger partial charge in [-0.05, 0) is 29.8 Å². The van der Waals surface area contributed by atoms with Crippen LogP contribution in [0.15, 0.2) is 48.5 Å². The van der Waals surface area contributed by atoms with Crippen LogP contribution in [0.2, 0.25) is 5.02 Å². The molecule has 4 rings (SSSR count). The Hall–Kier alpha value is -2.45. The van der Waals surface area contributed by atoms with Gasteiger partial charge in [-0.25, -0.2) is 0 Å². The van der Waals surface area contributed by atoms with E-state index in [9.17, 15) is 13.2 Å². The van der Waals surface area contributed by atoms with Gasteiger partial charge in [0.15, 0.2) is 5.82 Å². The summed E-state index contributed by atoms with van der Waals surface area (Å²) in [6, 6.07) is 12.3. The highest BCUT2D eigenvalue weighted by Crippen LogP contribution is 2.31. The maximum absolute atomic E-state index is 12.7. The van der Waals surface area contributed by atoms with Crippen molar-refractivity contribution in [1.82, 2.24) is 19.8 Å². The molecule has 0 unspecified atom stereocenters. The van der Waals surface area contributed by atoms with Crippen LogP contribution in [0.3, 0.4) is 0 Å². The van der Waals surface area contributed by atoms with E-state index in [-0.39, 0.29) is 0 Å². The van der Waals surface area contributed by atoms with Crippen molar-refractivity contribution in [2.24, 2.45) is 0 Å². The van der Waals surface area contributed by atoms with Crippen LogP contribution < -0.4 is 0 Å². The smallest absolute Gasteiger partial charge is 0.183 e. The second-order valence-corrected chi connectivity index (χ2v) is 7.07. The Kier molecular flexibility index (Phi) is 4.16. The van der Waals surface area contributed by atoms with E-state index in [1.807, 2.05) is 24.3 Å². The molecule has 0 aliphatic rings. The van der Waals surface area contributed by atoms with E-state index in [2.05, 4.69) is 15.3 Å². The summed E-state index contributed by atoms with van der Waals surface area (Å²) >= 11 is 7.27. The fourth-order valence-electron chi connectivity index (χ4n) is 2.49. The van der Waals surface area contributed by atoms with Gasteiger partial charge in [-0.1, -0.05) is 47.2 Å². The molecular formula is C17H10ClF3N4S. The van der Waals surface area contributed by atoms with E-state index in [0.29, 0.717) is 27.8 Å². The highest BCUT2D eigenvalue weighted by atomic mass is 35.5. The summed E-state index contributed by atoms with van der Waals surface area (Å²) in [7, 11) is 0. The lowest BCUT2D eigenvalue weighted by atomic mass is 10.1. The Morgan fingerprint density at radius 2 is 1.65 bits per heavy atom. The highest BCUT2D eigenvalue weighted by molar-refractivity contribution is 7.16. The average Bonchev–Trinajstić information content (AvgIpc) is 3.16. The van der Waals surface area contributed by atoms with Gasteiger partial charge in [0.05, 0.1) is 5.56 Å². The minimum Gasteiger partial charge on any atom is -0.183 e. The third-order valence-corrected chi connectivity index (χ3v) is 4.92. The van der Waals surface area contributed by atoms with Crippen molar-refractivity contribution in [3.05, 3.63) is 69.7 Å². The topological polar surface area (TPSA) is 43.1 Å². The molecule has 4 aromatic rings. The Labute approximate surface area is 154 Å². The fourth-order valence-corrected chi connectivity index (χ4v) is 3.49. The third kappa shape index (κ3) is 3.30. The van der Waals surface area contributed by atoms with Gasteiger partial charge in [-0.3, -0.25) is 0 Å². The molecule has 0 aliphatic carbocycles. The summed E-state index contributed by atoms with van der Waals surface area (Å²) in [5.74, 6) is 0.410. The lowest BCUT2D eigenvalue weighted by Crippen LogP contribution is -2.04. The molecule has 0 fully saturated rings. The van der Waals surface area contributed by atoms with Crippen molar-refractivity contribution in [2.45, 2.75) is 12.6 Å². The molecule has 132 valence electrons. The third-order valence-electron chi connectivity index (χ3n) is 3.77. The average molecular weight is 395 g/mol. The molecule has 0 saturated carbocycles. The number of benzene rings is 2. The molecule has 0 bridgehead atoms. The predicted molar refractivity (Wildman–Crippen MR) is 93.4 cm³/mol. The van der Waals surface area contributed by atoms with Crippen molar-refractivity contribution in [3.63, 3.8) is 0 Å². The fraction of sp³-hybridized carbons (Fsp3) is 0.118. The second-order valence-electron chi connectivity index (χ2n) is 5.59. The van der Waals surface area contributed by atoms with Gasteiger partial charge in [0.1, 0.15) is 5.01 Å². The van der Waals surface area contributed by atoms with E-state index in [0.717, 1.165) is 22.7 Å². The molecule has 26 heavy (non-hydrogen) atoms. The maximum Gasteiger partial charge on any atom is 0.416 e. The van der Waals surface area contributed by atoms with Gasteiger partial charge in [0.25, 0.3) is 0 Å². The number of hydrogen-bond donors (Lipinski definition) is 0. The van der Waals surface area contributed by atoms with Crippen LogP contribution in [0.5, 0.6) is 0 Å². The van der Waals surface area contributed by atoms with Crippen LogP contribution in [-0.2, 0) is 12.6 Å². The molecule has 0 aliphatic heterocycles. The maximum atomic E-state index is 12.7. The number of halogens is 4. The zero-order chi connectivity index (χ0) is 18.3. The summed E-state index contributed by atoms with van der Waals surface area (Å²) in [6.45, 7) is 0. The number of aromatic nitrogens is 4. The van der Waals surface area contributed by atoms with Gasteiger partial charge >= 0.3 is 6.18 Å². The zero-order valence-electron chi connectivity index (χ0n) is 13.0. The second kappa shape index (κ2) is 6.37. The van der Waals surface area contributed by atoms with Crippen LogP contribution in [0.4, 0.5) is 13.2 Å². The Bertz CT molecular complexity index is 1050. The van der Waals surface area contributed by atoms with Crippen LogP contribution in [-0.4, -0.2) is 19.8 Å². The predicted octanol–water partition coefficient (Wildman–Crippen LogP) is 5.12. The van der Waals surface area contributed by atoms with Crippen molar-refractivity contribution < 1.29 is 13.2 Å². The van der Waals surface area contributed by atoms with Crippen LogP contribution >= 0.6 is 22.9 Å². The minimum atomic E-state index is -4.37. The van der Waals surface area contributed by atoms with Crippen molar-refractivity contribution >= 4 is 27.9 Å². The molecule has 2 heterocycles. The lowest BCUT2D eigenvalue weighted by Gasteiger charge is -2.06. The number of rotatable bonds is 3. The first-order chi connectivity index (χ1) is 12.4. The van der Waals surface area contributed by atoms with E-state index in [1.54, 1.807) is 4.52 Å². The van der Waals surface area contributed by atoms with Gasteiger partial charge in [-0.2, -0.15) is 22.8 Å². The SMILES string of the molecule is FC(F)(F)c1ccc(-c2nnc3sc(Cc4ccc(Cl)cc4)nn23)cc1.